The van der Waals surface area contributed by atoms with Gasteiger partial charge in [-0.15, -0.1) is 0 Å². The molecular weight excluding hydrogens is 258 g/mol. The van der Waals surface area contributed by atoms with E-state index in [2.05, 4.69) is 11.1 Å². The molecule has 4 heteroatoms. The number of nitrogens with zero attached hydrogens (tertiary/aromatic N) is 3. The molecule has 0 bridgehead atoms. The highest BCUT2D eigenvalue weighted by Gasteiger charge is 2.12. The van der Waals surface area contributed by atoms with Crippen molar-refractivity contribution < 1.29 is 0 Å². The third kappa shape index (κ3) is 2.18. The minimum absolute atomic E-state index is 0.543. The molecule has 2 heterocycles. The molecular formula is C15H10ClN3. The van der Waals surface area contributed by atoms with Crippen molar-refractivity contribution in [3.8, 4) is 6.07 Å². The number of rotatable bonds is 2. The summed E-state index contributed by atoms with van der Waals surface area (Å²) in [5, 5.41) is 9.91. The monoisotopic (exact) mass is 267 g/mol. The Labute approximate surface area is 115 Å². The van der Waals surface area contributed by atoms with Gasteiger partial charge in [0.25, 0.3) is 0 Å². The van der Waals surface area contributed by atoms with Gasteiger partial charge in [0.05, 0.1) is 10.7 Å². The summed E-state index contributed by atoms with van der Waals surface area (Å²) in [5.41, 5.74) is 3.19. The molecule has 3 aromatic rings. The van der Waals surface area contributed by atoms with Crippen LogP contribution in [0.15, 0.2) is 48.7 Å². The Morgan fingerprint density at radius 1 is 1.16 bits per heavy atom. The molecule has 0 unspecified atom stereocenters. The lowest BCUT2D eigenvalue weighted by Crippen LogP contribution is -1.93. The molecule has 0 aliphatic carbocycles. The fourth-order valence-corrected chi connectivity index (χ4v) is 2.26. The average molecular weight is 268 g/mol. The molecule has 0 spiro atoms. The first-order valence-corrected chi connectivity index (χ1v) is 6.26. The van der Waals surface area contributed by atoms with Crippen LogP contribution in [-0.2, 0) is 6.42 Å². The maximum absolute atomic E-state index is 9.32. The van der Waals surface area contributed by atoms with Crippen LogP contribution in [0.1, 0.15) is 17.0 Å². The lowest BCUT2D eigenvalue weighted by molar-refractivity contribution is 1.09. The molecule has 0 amide bonds. The number of imidazole rings is 1. The lowest BCUT2D eigenvalue weighted by atomic mass is 10.1. The zero-order valence-corrected chi connectivity index (χ0v) is 10.8. The normalized spacial score (nSPS) is 10.5. The van der Waals surface area contributed by atoms with E-state index in [9.17, 15) is 5.26 Å². The third-order valence-electron chi connectivity index (χ3n) is 2.97. The molecule has 3 rings (SSSR count). The number of aromatic nitrogens is 2. The quantitative estimate of drug-likeness (QED) is 0.714. The number of fused-ring (bicyclic) bond motifs is 1. The van der Waals surface area contributed by atoms with E-state index in [4.69, 9.17) is 11.6 Å². The summed E-state index contributed by atoms with van der Waals surface area (Å²) < 4.78 is 1.74. The summed E-state index contributed by atoms with van der Waals surface area (Å²) in [6.45, 7) is 0. The fourth-order valence-electron chi connectivity index (χ4n) is 2.10. The van der Waals surface area contributed by atoms with Gasteiger partial charge in [-0.1, -0.05) is 41.9 Å². The summed E-state index contributed by atoms with van der Waals surface area (Å²) in [5.74, 6) is 0. The van der Waals surface area contributed by atoms with E-state index in [1.807, 2.05) is 36.4 Å². The van der Waals surface area contributed by atoms with Crippen molar-refractivity contribution in [2.45, 2.75) is 6.42 Å². The van der Waals surface area contributed by atoms with Gasteiger partial charge >= 0.3 is 0 Å². The predicted molar refractivity (Wildman–Crippen MR) is 74.2 cm³/mol. The molecule has 0 aliphatic heterocycles. The van der Waals surface area contributed by atoms with Crippen molar-refractivity contribution in [1.82, 2.24) is 9.38 Å². The zero-order valence-electron chi connectivity index (χ0n) is 10.0. The van der Waals surface area contributed by atoms with E-state index in [0.717, 1.165) is 16.9 Å². The van der Waals surface area contributed by atoms with Gasteiger partial charge in [-0.3, -0.25) is 4.40 Å². The van der Waals surface area contributed by atoms with Crippen molar-refractivity contribution in [3.63, 3.8) is 0 Å². The minimum Gasteiger partial charge on any atom is -0.290 e. The lowest BCUT2D eigenvalue weighted by Gasteiger charge is -1.98. The van der Waals surface area contributed by atoms with Crippen LogP contribution in [0.3, 0.4) is 0 Å². The van der Waals surface area contributed by atoms with E-state index in [1.165, 1.54) is 0 Å². The van der Waals surface area contributed by atoms with Crippen LogP contribution < -0.4 is 0 Å². The molecule has 0 aliphatic rings. The first kappa shape index (κ1) is 11.8. The number of nitriles is 1. The smallest absolute Gasteiger partial charge is 0.148 e. The first-order chi connectivity index (χ1) is 9.28. The Morgan fingerprint density at radius 3 is 2.68 bits per heavy atom. The number of halogens is 1. The van der Waals surface area contributed by atoms with Crippen molar-refractivity contribution in [1.29, 1.82) is 5.26 Å². The zero-order chi connectivity index (χ0) is 13.2. The van der Waals surface area contributed by atoms with Gasteiger partial charge in [-0.25, -0.2) is 4.98 Å². The second-order valence-electron chi connectivity index (χ2n) is 4.26. The van der Waals surface area contributed by atoms with Gasteiger partial charge in [-0.2, -0.15) is 5.26 Å². The molecule has 0 saturated carbocycles. The number of hydrogen-bond acceptors (Lipinski definition) is 2. The number of benzene rings is 1. The van der Waals surface area contributed by atoms with Crippen LogP contribution in [0.5, 0.6) is 0 Å². The van der Waals surface area contributed by atoms with Crippen LogP contribution >= 0.6 is 11.6 Å². The maximum atomic E-state index is 9.32. The molecule has 0 saturated heterocycles. The van der Waals surface area contributed by atoms with Gasteiger partial charge in [-0.05, 0) is 17.7 Å². The number of hydrogen-bond donors (Lipinski definition) is 0. The van der Waals surface area contributed by atoms with Gasteiger partial charge in [0.1, 0.15) is 17.4 Å². The van der Waals surface area contributed by atoms with Gasteiger partial charge in [0.15, 0.2) is 0 Å². The first-order valence-electron chi connectivity index (χ1n) is 5.88. The Balaban J connectivity index is 2.12. The van der Waals surface area contributed by atoms with Crippen molar-refractivity contribution >= 4 is 17.2 Å². The maximum Gasteiger partial charge on any atom is 0.148 e. The van der Waals surface area contributed by atoms with Crippen molar-refractivity contribution in [2.24, 2.45) is 0 Å². The molecule has 0 atom stereocenters. The van der Waals surface area contributed by atoms with Crippen LogP contribution in [0.2, 0.25) is 5.02 Å². The topological polar surface area (TPSA) is 41.1 Å². The third-order valence-corrected chi connectivity index (χ3v) is 3.20. The van der Waals surface area contributed by atoms with Crippen LogP contribution in [0, 0.1) is 11.3 Å². The molecule has 0 N–H and O–H groups in total. The summed E-state index contributed by atoms with van der Waals surface area (Å²) in [7, 11) is 0. The van der Waals surface area contributed by atoms with Crippen molar-refractivity contribution in [3.05, 3.63) is 70.6 Å². The Morgan fingerprint density at radius 2 is 1.95 bits per heavy atom. The van der Waals surface area contributed by atoms with E-state index >= 15 is 0 Å². The SMILES string of the molecule is N#Cc1c(Cc2ccccc2)nc2ccc(Cl)cn12. The van der Waals surface area contributed by atoms with Gasteiger partial charge in [0, 0.05) is 12.6 Å². The summed E-state index contributed by atoms with van der Waals surface area (Å²) in [4.78, 5) is 4.50. The highest BCUT2D eigenvalue weighted by atomic mass is 35.5. The average Bonchev–Trinajstić information content (AvgIpc) is 2.76. The Kier molecular flexibility index (Phi) is 2.94. The van der Waals surface area contributed by atoms with E-state index in [1.54, 1.807) is 16.7 Å². The molecule has 19 heavy (non-hydrogen) atoms. The predicted octanol–water partition coefficient (Wildman–Crippen LogP) is 3.45. The molecule has 0 fully saturated rings. The van der Waals surface area contributed by atoms with E-state index in [-0.39, 0.29) is 0 Å². The summed E-state index contributed by atoms with van der Waals surface area (Å²) in [6, 6.07) is 15.8. The Bertz CT molecular complexity index is 769. The molecule has 2 aromatic heterocycles. The molecule has 92 valence electrons. The number of pyridine rings is 1. The Hall–Kier alpha value is -2.31. The van der Waals surface area contributed by atoms with Crippen LogP contribution in [0.4, 0.5) is 0 Å². The largest absolute Gasteiger partial charge is 0.290 e. The van der Waals surface area contributed by atoms with Gasteiger partial charge < -0.3 is 0 Å². The highest BCUT2D eigenvalue weighted by molar-refractivity contribution is 6.30. The van der Waals surface area contributed by atoms with E-state index in [0.29, 0.717) is 17.1 Å². The molecule has 1 aromatic carbocycles. The van der Waals surface area contributed by atoms with E-state index < -0.39 is 0 Å². The van der Waals surface area contributed by atoms with Gasteiger partial charge in [0.2, 0.25) is 0 Å². The van der Waals surface area contributed by atoms with Crippen LogP contribution in [-0.4, -0.2) is 9.38 Å². The minimum atomic E-state index is 0.543. The highest BCUT2D eigenvalue weighted by Crippen LogP contribution is 2.18. The molecule has 3 nitrogen and oxygen atoms in total. The second kappa shape index (κ2) is 4.75. The summed E-state index contributed by atoms with van der Waals surface area (Å²) >= 11 is 5.96. The van der Waals surface area contributed by atoms with Crippen molar-refractivity contribution in [2.75, 3.05) is 0 Å². The summed E-state index contributed by atoms with van der Waals surface area (Å²) in [6.07, 6.45) is 2.36. The van der Waals surface area contributed by atoms with Crippen LogP contribution in [0.25, 0.3) is 5.65 Å². The molecule has 0 radical (unpaired) electrons. The standard InChI is InChI=1S/C15H10ClN3/c16-12-6-7-15-18-13(14(9-17)19(15)10-12)8-11-4-2-1-3-5-11/h1-7,10H,8H2. The fraction of sp³-hybridized carbons (Fsp3) is 0.0667. The second-order valence-corrected chi connectivity index (χ2v) is 4.69.